The first kappa shape index (κ1) is 6.40. The van der Waals surface area contributed by atoms with Crippen LogP contribution >= 0.6 is 0 Å². The fourth-order valence-corrected chi connectivity index (χ4v) is 0.462. The Balaban J connectivity index is 2.74. The molecule has 0 bridgehead atoms. The minimum Gasteiger partial charge on any atom is -0.381 e. The Hall–Kier alpha value is -1.72. The fourth-order valence-electron chi connectivity index (χ4n) is 0.462. The van der Waals surface area contributed by atoms with Crippen molar-refractivity contribution in [3.05, 3.63) is 12.3 Å². The van der Waals surface area contributed by atoms with Gasteiger partial charge in [-0.2, -0.15) is 0 Å². The van der Waals surface area contributed by atoms with Crippen LogP contribution in [-0.4, -0.2) is 16.0 Å². The van der Waals surface area contributed by atoms with Crippen LogP contribution in [0.15, 0.2) is 12.3 Å². The van der Waals surface area contributed by atoms with Crippen molar-refractivity contribution in [2.24, 2.45) is 5.73 Å². The van der Waals surface area contributed by atoms with Crippen LogP contribution in [0.2, 0.25) is 0 Å². The van der Waals surface area contributed by atoms with Crippen molar-refractivity contribution in [2.75, 3.05) is 5.73 Å². The lowest BCUT2D eigenvalue weighted by atomic mass is 10.7. The lowest BCUT2D eigenvalue weighted by Crippen LogP contribution is -2.27. The van der Waals surface area contributed by atoms with Gasteiger partial charge in [-0.15, -0.1) is 5.10 Å². The monoisotopic (exact) mass is 142 g/mol. The molecule has 0 aliphatic rings. The third-order valence-electron chi connectivity index (χ3n) is 0.814. The second-order valence-corrected chi connectivity index (χ2v) is 1.54. The Kier molecular flexibility index (Phi) is 1.44. The molecule has 6 heteroatoms. The summed E-state index contributed by atoms with van der Waals surface area (Å²) >= 11 is 0. The first-order chi connectivity index (χ1) is 4.70. The molecule has 0 saturated carbocycles. The van der Waals surface area contributed by atoms with Crippen LogP contribution in [0, 0.1) is 0 Å². The van der Waals surface area contributed by atoms with Crippen LogP contribution in [0.1, 0.15) is 0 Å². The summed E-state index contributed by atoms with van der Waals surface area (Å²) in [5, 5.41) is 3.52. The summed E-state index contributed by atoms with van der Waals surface area (Å²) in [7, 11) is 0. The summed E-state index contributed by atoms with van der Waals surface area (Å²) in [6.45, 7) is 0. The molecule has 0 aliphatic heterocycles. The number of hydrogen-bond acceptors (Lipinski definition) is 4. The molecule has 54 valence electrons. The van der Waals surface area contributed by atoms with Crippen molar-refractivity contribution in [1.29, 1.82) is 0 Å². The van der Waals surface area contributed by atoms with Crippen molar-refractivity contribution in [2.45, 2.75) is 0 Å². The number of aromatic nitrogens is 2. The molecule has 1 aromatic heterocycles. The highest BCUT2D eigenvalue weighted by Crippen LogP contribution is 1.94. The van der Waals surface area contributed by atoms with Crippen LogP contribution in [0.5, 0.6) is 0 Å². The number of carbonyl (C=O) groups excluding carboxylic acids is 1. The van der Waals surface area contributed by atoms with Gasteiger partial charge in [-0.3, -0.25) is 4.84 Å². The highest BCUT2D eigenvalue weighted by Gasteiger charge is 1.99. The lowest BCUT2D eigenvalue weighted by Gasteiger charge is -1.98. The molecule has 0 radical (unpaired) electrons. The van der Waals surface area contributed by atoms with Crippen molar-refractivity contribution in [3.63, 3.8) is 0 Å². The number of amides is 1. The summed E-state index contributed by atoms with van der Waals surface area (Å²) in [6.07, 6.45) is 0.438. The van der Waals surface area contributed by atoms with Gasteiger partial charge in [-0.25, -0.2) is 4.79 Å². The SMILES string of the molecule is NC(=O)On1nccc1N. The molecule has 0 atom stereocenters. The summed E-state index contributed by atoms with van der Waals surface area (Å²) in [4.78, 5) is 15.2. The molecule has 1 heterocycles. The number of primary amides is 1. The predicted octanol–water partition coefficient (Wildman–Crippen LogP) is -1.03. The van der Waals surface area contributed by atoms with Crippen LogP contribution < -0.4 is 16.3 Å². The predicted molar refractivity (Wildman–Crippen MR) is 32.8 cm³/mol. The molecular weight excluding hydrogens is 136 g/mol. The average molecular weight is 142 g/mol. The van der Waals surface area contributed by atoms with Crippen molar-refractivity contribution >= 4 is 11.9 Å². The molecule has 0 aromatic carbocycles. The molecule has 1 aromatic rings. The van der Waals surface area contributed by atoms with Gasteiger partial charge in [0.05, 0.1) is 6.20 Å². The third kappa shape index (κ3) is 1.16. The molecule has 0 saturated heterocycles. The van der Waals surface area contributed by atoms with Gasteiger partial charge in [0.2, 0.25) is 0 Å². The molecule has 0 fully saturated rings. The number of nitrogen functional groups attached to an aromatic ring is 1. The number of carbonyl (C=O) groups is 1. The van der Waals surface area contributed by atoms with E-state index in [1.165, 1.54) is 12.3 Å². The summed E-state index contributed by atoms with van der Waals surface area (Å²) in [5.74, 6) is 0.221. The van der Waals surface area contributed by atoms with E-state index in [1.54, 1.807) is 0 Å². The average Bonchev–Trinajstić information content (AvgIpc) is 2.15. The van der Waals surface area contributed by atoms with Crippen LogP contribution in [0.3, 0.4) is 0 Å². The van der Waals surface area contributed by atoms with Crippen molar-refractivity contribution in [1.82, 2.24) is 9.94 Å². The van der Waals surface area contributed by atoms with E-state index in [0.29, 0.717) is 0 Å². The number of anilines is 1. The highest BCUT2D eigenvalue weighted by atomic mass is 16.7. The van der Waals surface area contributed by atoms with E-state index < -0.39 is 6.09 Å². The van der Waals surface area contributed by atoms with Gasteiger partial charge in [-0.05, 0) is 0 Å². The van der Waals surface area contributed by atoms with Gasteiger partial charge in [0, 0.05) is 6.07 Å². The minimum absolute atomic E-state index is 0.221. The molecule has 6 nitrogen and oxygen atoms in total. The lowest BCUT2D eigenvalue weighted by molar-refractivity contribution is 0.128. The molecule has 0 unspecified atom stereocenters. The third-order valence-corrected chi connectivity index (χ3v) is 0.814. The fraction of sp³-hybridized carbons (Fsp3) is 0. The molecule has 4 N–H and O–H groups in total. The van der Waals surface area contributed by atoms with E-state index in [0.717, 1.165) is 4.85 Å². The van der Waals surface area contributed by atoms with Crippen molar-refractivity contribution < 1.29 is 9.63 Å². The largest absolute Gasteiger partial charge is 0.430 e. The maximum absolute atomic E-state index is 10.1. The van der Waals surface area contributed by atoms with E-state index >= 15 is 0 Å². The van der Waals surface area contributed by atoms with Gasteiger partial charge in [0.1, 0.15) is 0 Å². The quantitative estimate of drug-likeness (QED) is 0.524. The van der Waals surface area contributed by atoms with Gasteiger partial charge >= 0.3 is 6.09 Å². The number of rotatable bonds is 1. The van der Waals surface area contributed by atoms with E-state index in [-0.39, 0.29) is 5.82 Å². The second-order valence-electron chi connectivity index (χ2n) is 1.54. The van der Waals surface area contributed by atoms with Crippen LogP contribution in [0.4, 0.5) is 10.6 Å². The second kappa shape index (κ2) is 2.26. The van der Waals surface area contributed by atoms with Gasteiger partial charge in [0.25, 0.3) is 0 Å². The van der Waals surface area contributed by atoms with Crippen molar-refractivity contribution in [3.8, 4) is 0 Å². The normalized spacial score (nSPS) is 9.20. The van der Waals surface area contributed by atoms with E-state index in [9.17, 15) is 4.79 Å². The van der Waals surface area contributed by atoms with Crippen LogP contribution in [-0.2, 0) is 0 Å². The van der Waals surface area contributed by atoms with Crippen LogP contribution in [0.25, 0.3) is 0 Å². The molecule has 1 rings (SSSR count). The smallest absolute Gasteiger partial charge is 0.381 e. The Morgan fingerprint density at radius 3 is 2.90 bits per heavy atom. The topological polar surface area (TPSA) is 96.2 Å². The van der Waals surface area contributed by atoms with E-state index in [2.05, 4.69) is 15.7 Å². The number of hydrogen-bond donors (Lipinski definition) is 2. The van der Waals surface area contributed by atoms with Gasteiger partial charge in [0.15, 0.2) is 5.82 Å². The Bertz CT molecular complexity index is 243. The first-order valence-corrected chi connectivity index (χ1v) is 2.47. The standard InChI is InChI=1S/C4H6N4O2/c5-3-1-2-7-8(3)10-4(6)9/h1-2H,5H2,(H2,6,9). The number of nitrogens with zero attached hydrogens (tertiary/aromatic N) is 2. The first-order valence-electron chi connectivity index (χ1n) is 2.47. The Labute approximate surface area is 56.3 Å². The number of nitrogens with two attached hydrogens (primary N) is 2. The van der Waals surface area contributed by atoms with E-state index in [4.69, 9.17) is 5.73 Å². The highest BCUT2D eigenvalue weighted by molar-refractivity contribution is 5.65. The summed E-state index contributed by atoms with van der Waals surface area (Å²) < 4.78 is 0. The maximum Gasteiger partial charge on any atom is 0.430 e. The molecule has 10 heavy (non-hydrogen) atoms. The summed E-state index contributed by atoms with van der Waals surface area (Å²) in [6, 6.07) is 1.48. The summed E-state index contributed by atoms with van der Waals surface area (Å²) in [5.41, 5.74) is 9.93. The zero-order valence-electron chi connectivity index (χ0n) is 5.02. The molecule has 1 amide bonds. The van der Waals surface area contributed by atoms with Gasteiger partial charge in [-0.1, -0.05) is 4.85 Å². The molecular formula is C4H6N4O2. The molecule has 0 spiro atoms. The Morgan fingerprint density at radius 1 is 1.80 bits per heavy atom. The minimum atomic E-state index is -0.949. The molecule has 0 aliphatic carbocycles. The zero-order chi connectivity index (χ0) is 7.56. The van der Waals surface area contributed by atoms with E-state index in [1.807, 2.05) is 0 Å². The zero-order valence-corrected chi connectivity index (χ0v) is 5.02. The maximum atomic E-state index is 10.1. The van der Waals surface area contributed by atoms with Gasteiger partial charge < -0.3 is 11.5 Å². The Morgan fingerprint density at radius 2 is 2.50 bits per heavy atom.